The average Bonchev–Trinajstić information content (AvgIpc) is 2.86. The Morgan fingerprint density at radius 3 is 2.42 bits per heavy atom. The van der Waals surface area contributed by atoms with Gasteiger partial charge in [-0.05, 0) is 25.5 Å². The van der Waals surface area contributed by atoms with Crippen LogP contribution in [0.5, 0.6) is 0 Å². The van der Waals surface area contributed by atoms with Crippen LogP contribution in [0.4, 0.5) is 4.79 Å². The summed E-state index contributed by atoms with van der Waals surface area (Å²) in [5, 5.41) is 14.4. The standard InChI is InChI=1S/C13H24N2O3S/c1-3-10(11(16)17)8-14-12(18)15-9-13(19-2)6-4-5-7-13/h10H,3-9H2,1-2H3,(H,16,17)(H2,14,15,18). The van der Waals surface area contributed by atoms with Crippen LogP contribution in [0.25, 0.3) is 0 Å². The molecule has 19 heavy (non-hydrogen) atoms. The van der Waals surface area contributed by atoms with Gasteiger partial charge in [-0.1, -0.05) is 19.8 Å². The van der Waals surface area contributed by atoms with Crippen molar-refractivity contribution in [1.82, 2.24) is 10.6 Å². The number of rotatable bonds is 7. The van der Waals surface area contributed by atoms with E-state index in [1.807, 2.05) is 11.8 Å². The molecule has 1 rings (SSSR count). The van der Waals surface area contributed by atoms with Crippen LogP contribution >= 0.6 is 11.8 Å². The number of nitrogens with one attached hydrogen (secondary N) is 2. The lowest BCUT2D eigenvalue weighted by atomic mass is 10.1. The zero-order valence-corrected chi connectivity index (χ0v) is 12.5. The summed E-state index contributed by atoms with van der Waals surface area (Å²) in [4.78, 5) is 22.5. The number of carbonyl (C=O) groups excluding carboxylic acids is 1. The maximum atomic E-state index is 11.7. The van der Waals surface area contributed by atoms with Gasteiger partial charge in [0.1, 0.15) is 0 Å². The molecule has 0 heterocycles. The van der Waals surface area contributed by atoms with E-state index in [1.165, 1.54) is 12.8 Å². The molecule has 5 nitrogen and oxygen atoms in total. The van der Waals surface area contributed by atoms with Crippen molar-refractivity contribution in [2.45, 2.75) is 43.8 Å². The Morgan fingerprint density at radius 1 is 1.32 bits per heavy atom. The highest BCUT2D eigenvalue weighted by Gasteiger charge is 2.33. The molecule has 0 saturated heterocycles. The number of carboxylic acids is 1. The van der Waals surface area contributed by atoms with Crippen molar-refractivity contribution in [2.24, 2.45) is 5.92 Å². The minimum absolute atomic E-state index is 0.175. The second kappa shape index (κ2) is 7.62. The third-order valence-corrected chi connectivity index (χ3v) is 5.29. The smallest absolute Gasteiger partial charge is 0.314 e. The van der Waals surface area contributed by atoms with Crippen molar-refractivity contribution >= 4 is 23.8 Å². The molecule has 0 spiro atoms. The Kier molecular flexibility index (Phi) is 6.48. The van der Waals surface area contributed by atoms with E-state index in [9.17, 15) is 9.59 Å². The fourth-order valence-corrected chi connectivity index (χ4v) is 3.31. The zero-order valence-electron chi connectivity index (χ0n) is 11.7. The van der Waals surface area contributed by atoms with Gasteiger partial charge in [-0.2, -0.15) is 11.8 Å². The fraction of sp³-hybridized carbons (Fsp3) is 0.846. The SMILES string of the molecule is CCC(CNC(=O)NCC1(SC)CCCC1)C(=O)O. The van der Waals surface area contributed by atoms with Crippen LogP contribution in [-0.2, 0) is 4.79 Å². The molecule has 0 aromatic rings. The molecule has 0 aliphatic heterocycles. The first kappa shape index (κ1) is 16.1. The van der Waals surface area contributed by atoms with Gasteiger partial charge in [0.25, 0.3) is 0 Å². The monoisotopic (exact) mass is 288 g/mol. The Balaban J connectivity index is 2.29. The molecule has 1 aliphatic carbocycles. The van der Waals surface area contributed by atoms with Crippen molar-refractivity contribution < 1.29 is 14.7 Å². The van der Waals surface area contributed by atoms with Crippen LogP contribution in [0.2, 0.25) is 0 Å². The lowest BCUT2D eigenvalue weighted by Gasteiger charge is -2.27. The van der Waals surface area contributed by atoms with Crippen molar-refractivity contribution in [3.63, 3.8) is 0 Å². The van der Waals surface area contributed by atoms with E-state index < -0.39 is 11.9 Å². The van der Waals surface area contributed by atoms with Gasteiger partial charge in [0.2, 0.25) is 0 Å². The van der Waals surface area contributed by atoms with E-state index in [-0.39, 0.29) is 17.3 Å². The summed E-state index contributed by atoms with van der Waals surface area (Å²) in [5.74, 6) is -1.37. The summed E-state index contributed by atoms with van der Waals surface area (Å²) in [6, 6.07) is -0.264. The molecule has 1 unspecified atom stereocenters. The minimum atomic E-state index is -0.862. The van der Waals surface area contributed by atoms with Gasteiger partial charge in [-0.3, -0.25) is 4.79 Å². The van der Waals surface area contributed by atoms with E-state index in [4.69, 9.17) is 5.11 Å². The normalized spacial score (nSPS) is 18.8. The molecule has 1 saturated carbocycles. The second-order valence-electron chi connectivity index (χ2n) is 5.10. The maximum absolute atomic E-state index is 11.7. The lowest BCUT2D eigenvalue weighted by molar-refractivity contribution is -0.141. The van der Waals surface area contributed by atoms with Gasteiger partial charge < -0.3 is 15.7 Å². The first-order valence-electron chi connectivity index (χ1n) is 6.82. The molecule has 0 radical (unpaired) electrons. The molecule has 1 fully saturated rings. The first-order valence-corrected chi connectivity index (χ1v) is 8.05. The summed E-state index contributed by atoms with van der Waals surface area (Å²) < 4.78 is 0.175. The third-order valence-electron chi connectivity index (χ3n) is 3.87. The molecule has 1 aliphatic rings. The second-order valence-corrected chi connectivity index (χ2v) is 6.38. The highest BCUT2D eigenvalue weighted by Crippen LogP contribution is 2.39. The lowest BCUT2D eigenvalue weighted by Crippen LogP contribution is -2.45. The molecule has 0 aromatic carbocycles. The quantitative estimate of drug-likeness (QED) is 0.670. The van der Waals surface area contributed by atoms with Crippen molar-refractivity contribution in [1.29, 1.82) is 0 Å². The Hall–Kier alpha value is -0.910. The number of hydrogen-bond donors (Lipinski definition) is 3. The maximum Gasteiger partial charge on any atom is 0.314 e. The zero-order chi connectivity index (χ0) is 14.3. The van der Waals surface area contributed by atoms with Crippen molar-refractivity contribution in [2.75, 3.05) is 19.3 Å². The molecule has 2 amide bonds. The van der Waals surface area contributed by atoms with Crippen LogP contribution in [0, 0.1) is 5.92 Å². The number of carbonyl (C=O) groups is 2. The Bertz CT molecular complexity index is 317. The predicted octanol–water partition coefficient (Wildman–Crippen LogP) is 2.07. The van der Waals surface area contributed by atoms with Crippen LogP contribution < -0.4 is 10.6 Å². The molecular weight excluding hydrogens is 264 g/mol. The van der Waals surface area contributed by atoms with Crippen LogP contribution in [0.3, 0.4) is 0 Å². The summed E-state index contributed by atoms with van der Waals surface area (Å²) in [6.07, 6.45) is 7.33. The highest BCUT2D eigenvalue weighted by molar-refractivity contribution is 8.00. The van der Waals surface area contributed by atoms with E-state index in [1.54, 1.807) is 6.92 Å². The molecular formula is C13H24N2O3S. The molecule has 0 aromatic heterocycles. The van der Waals surface area contributed by atoms with E-state index in [0.717, 1.165) is 12.8 Å². The van der Waals surface area contributed by atoms with Crippen LogP contribution in [-0.4, -0.2) is 41.2 Å². The number of carboxylic acid groups (broad SMARTS) is 1. The van der Waals surface area contributed by atoms with Crippen LogP contribution in [0.15, 0.2) is 0 Å². The summed E-state index contributed by atoms with van der Waals surface area (Å²) >= 11 is 1.82. The Labute approximate surface area is 118 Å². The number of amides is 2. The van der Waals surface area contributed by atoms with Crippen molar-refractivity contribution in [3.05, 3.63) is 0 Å². The largest absolute Gasteiger partial charge is 0.481 e. The summed E-state index contributed by atoms with van der Waals surface area (Å²) in [5.41, 5.74) is 0. The van der Waals surface area contributed by atoms with Gasteiger partial charge in [0.05, 0.1) is 5.92 Å². The Morgan fingerprint density at radius 2 is 1.95 bits per heavy atom. The molecule has 110 valence electrons. The van der Waals surface area contributed by atoms with Gasteiger partial charge in [0, 0.05) is 17.8 Å². The molecule has 1 atom stereocenters. The third kappa shape index (κ3) is 4.93. The molecule has 3 N–H and O–H groups in total. The number of hydrogen-bond acceptors (Lipinski definition) is 3. The topological polar surface area (TPSA) is 78.4 Å². The number of thioether (sulfide) groups is 1. The number of aliphatic carboxylic acids is 1. The van der Waals surface area contributed by atoms with Crippen molar-refractivity contribution in [3.8, 4) is 0 Å². The van der Waals surface area contributed by atoms with E-state index in [0.29, 0.717) is 13.0 Å². The minimum Gasteiger partial charge on any atom is -0.481 e. The molecule has 0 bridgehead atoms. The number of urea groups is 1. The van der Waals surface area contributed by atoms with Gasteiger partial charge in [0.15, 0.2) is 0 Å². The summed E-state index contributed by atoms with van der Waals surface area (Å²) in [6.45, 7) is 2.65. The van der Waals surface area contributed by atoms with Crippen LogP contribution in [0.1, 0.15) is 39.0 Å². The first-order chi connectivity index (χ1) is 9.03. The van der Waals surface area contributed by atoms with Gasteiger partial charge in [-0.25, -0.2) is 4.79 Å². The van der Waals surface area contributed by atoms with E-state index >= 15 is 0 Å². The van der Waals surface area contributed by atoms with Gasteiger partial charge >= 0.3 is 12.0 Å². The van der Waals surface area contributed by atoms with E-state index in [2.05, 4.69) is 16.9 Å². The van der Waals surface area contributed by atoms with Gasteiger partial charge in [-0.15, -0.1) is 0 Å². The summed E-state index contributed by atoms with van der Waals surface area (Å²) in [7, 11) is 0. The molecule has 6 heteroatoms. The highest BCUT2D eigenvalue weighted by atomic mass is 32.2. The predicted molar refractivity (Wildman–Crippen MR) is 77.5 cm³/mol. The fourth-order valence-electron chi connectivity index (χ4n) is 2.40. The average molecular weight is 288 g/mol.